The molecule has 0 spiro atoms. The maximum atomic E-state index is 12.8. The second-order valence-corrected chi connectivity index (χ2v) is 7.69. The van der Waals surface area contributed by atoms with E-state index in [0.717, 1.165) is 5.56 Å². The number of halogens is 1. The van der Waals surface area contributed by atoms with E-state index in [-0.39, 0.29) is 11.5 Å². The fourth-order valence-corrected chi connectivity index (χ4v) is 4.33. The molecule has 0 heterocycles. The van der Waals surface area contributed by atoms with E-state index in [0.29, 0.717) is 15.9 Å². The second kappa shape index (κ2) is 7.07. The molecular formula is C17H16BrNO3S. The van der Waals surface area contributed by atoms with Gasteiger partial charge < -0.3 is 4.74 Å². The average molecular weight is 394 g/mol. The summed E-state index contributed by atoms with van der Waals surface area (Å²) in [6, 6.07) is 11.8. The zero-order chi connectivity index (χ0) is 17.0. The minimum Gasteiger partial charge on any atom is -0.481 e. The number of nitrogens with zero attached hydrogens (tertiary/aromatic N) is 1. The van der Waals surface area contributed by atoms with Gasteiger partial charge in [-0.05, 0) is 64.8 Å². The van der Waals surface area contributed by atoms with Crippen LogP contribution in [0.3, 0.4) is 0 Å². The van der Waals surface area contributed by atoms with Crippen molar-refractivity contribution >= 4 is 31.6 Å². The van der Waals surface area contributed by atoms with Gasteiger partial charge in [0.1, 0.15) is 17.3 Å². The van der Waals surface area contributed by atoms with Gasteiger partial charge in [-0.1, -0.05) is 12.0 Å². The van der Waals surface area contributed by atoms with Crippen LogP contribution in [0.4, 0.5) is 5.69 Å². The highest BCUT2D eigenvalue weighted by Crippen LogP contribution is 2.29. The van der Waals surface area contributed by atoms with Crippen LogP contribution in [0.2, 0.25) is 0 Å². The van der Waals surface area contributed by atoms with Crippen LogP contribution in [0.1, 0.15) is 5.56 Å². The molecule has 0 aliphatic rings. The summed E-state index contributed by atoms with van der Waals surface area (Å²) in [4.78, 5) is 0.221. The molecule has 0 N–H and O–H groups in total. The first-order valence-corrected chi connectivity index (χ1v) is 9.01. The lowest BCUT2D eigenvalue weighted by molar-refractivity contribution is 0.370. The molecule has 6 heteroatoms. The van der Waals surface area contributed by atoms with Crippen LogP contribution in [0, 0.1) is 19.3 Å². The van der Waals surface area contributed by atoms with E-state index in [9.17, 15) is 8.42 Å². The molecule has 2 aromatic rings. The number of sulfonamides is 1. The van der Waals surface area contributed by atoms with Gasteiger partial charge in [0, 0.05) is 11.5 Å². The molecule has 2 aromatic carbocycles. The molecule has 120 valence electrons. The predicted molar refractivity (Wildman–Crippen MR) is 95.2 cm³/mol. The lowest BCUT2D eigenvalue weighted by Gasteiger charge is -2.20. The second-order valence-electron chi connectivity index (χ2n) is 4.89. The lowest BCUT2D eigenvalue weighted by Crippen LogP contribution is -2.26. The molecular weight excluding hydrogens is 378 g/mol. The first kappa shape index (κ1) is 17.4. The minimum absolute atomic E-state index is 0.170. The van der Waals surface area contributed by atoms with Crippen LogP contribution in [0.25, 0.3) is 0 Å². The molecule has 0 aliphatic heterocycles. The Morgan fingerprint density at radius 1 is 1.22 bits per heavy atom. The quantitative estimate of drug-likeness (QED) is 0.729. The SMILES string of the molecule is C#CCOc1ccc(N(C)S(=O)(=O)c2ccc(C)cc2Br)cc1. The molecule has 0 aromatic heterocycles. The third-order valence-corrected chi connectivity index (χ3v) is 6.01. The average Bonchev–Trinajstić information content (AvgIpc) is 2.52. The van der Waals surface area contributed by atoms with E-state index in [1.807, 2.05) is 6.92 Å². The number of anilines is 1. The van der Waals surface area contributed by atoms with Crippen LogP contribution >= 0.6 is 15.9 Å². The van der Waals surface area contributed by atoms with Crippen molar-refractivity contribution in [3.05, 3.63) is 52.5 Å². The summed E-state index contributed by atoms with van der Waals surface area (Å²) in [6.07, 6.45) is 5.13. The van der Waals surface area contributed by atoms with Gasteiger partial charge in [0.15, 0.2) is 0 Å². The van der Waals surface area contributed by atoms with Crippen molar-refractivity contribution in [1.29, 1.82) is 0 Å². The number of benzene rings is 2. The van der Waals surface area contributed by atoms with Crippen LogP contribution in [-0.4, -0.2) is 22.1 Å². The smallest absolute Gasteiger partial charge is 0.265 e. The predicted octanol–water partition coefficient (Wildman–Crippen LogP) is 3.59. The topological polar surface area (TPSA) is 46.6 Å². The van der Waals surface area contributed by atoms with Gasteiger partial charge >= 0.3 is 0 Å². The summed E-state index contributed by atoms with van der Waals surface area (Å²) >= 11 is 3.32. The van der Waals surface area contributed by atoms with Crippen molar-refractivity contribution < 1.29 is 13.2 Å². The van der Waals surface area contributed by atoms with Gasteiger partial charge in [-0.25, -0.2) is 8.42 Å². The summed E-state index contributed by atoms with van der Waals surface area (Å²) in [6.45, 7) is 2.07. The summed E-state index contributed by atoms with van der Waals surface area (Å²) < 4.78 is 32.6. The maximum absolute atomic E-state index is 12.8. The van der Waals surface area contributed by atoms with E-state index in [4.69, 9.17) is 11.2 Å². The van der Waals surface area contributed by atoms with Gasteiger partial charge in [0.25, 0.3) is 10.0 Å². The van der Waals surface area contributed by atoms with Crippen molar-refractivity contribution in [2.75, 3.05) is 18.0 Å². The van der Waals surface area contributed by atoms with E-state index in [1.54, 1.807) is 42.5 Å². The zero-order valence-corrected chi connectivity index (χ0v) is 15.2. The highest BCUT2D eigenvalue weighted by molar-refractivity contribution is 9.10. The third kappa shape index (κ3) is 3.87. The molecule has 0 unspecified atom stereocenters. The summed E-state index contributed by atoms with van der Waals surface area (Å²) in [5, 5.41) is 0. The van der Waals surface area contributed by atoms with Crippen LogP contribution in [-0.2, 0) is 10.0 Å². The van der Waals surface area contributed by atoms with Gasteiger partial charge in [0.05, 0.1) is 5.69 Å². The van der Waals surface area contributed by atoms with E-state index in [2.05, 4.69) is 21.9 Å². The third-order valence-electron chi connectivity index (χ3n) is 3.25. The Kier molecular flexibility index (Phi) is 5.34. The van der Waals surface area contributed by atoms with Crippen LogP contribution < -0.4 is 9.04 Å². The number of aryl methyl sites for hydroxylation is 1. The normalized spacial score (nSPS) is 10.9. The lowest BCUT2D eigenvalue weighted by atomic mass is 10.2. The number of hydrogen-bond acceptors (Lipinski definition) is 3. The first-order valence-electron chi connectivity index (χ1n) is 6.77. The summed E-state index contributed by atoms with van der Waals surface area (Å²) in [5.41, 5.74) is 1.51. The molecule has 4 nitrogen and oxygen atoms in total. The van der Waals surface area contributed by atoms with Gasteiger partial charge in [0.2, 0.25) is 0 Å². The van der Waals surface area contributed by atoms with Gasteiger partial charge in [-0.15, -0.1) is 6.42 Å². The minimum atomic E-state index is -3.66. The summed E-state index contributed by atoms with van der Waals surface area (Å²) in [7, 11) is -2.14. The molecule has 0 amide bonds. The van der Waals surface area contributed by atoms with Crippen molar-refractivity contribution in [2.24, 2.45) is 0 Å². The summed E-state index contributed by atoms with van der Waals surface area (Å²) in [5.74, 6) is 2.97. The first-order chi connectivity index (χ1) is 10.9. The standard InChI is InChI=1S/C17H16BrNO3S/c1-4-11-22-15-8-6-14(7-9-15)19(3)23(20,21)17-10-5-13(2)12-16(17)18/h1,5-10,12H,11H2,2-3H3. The number of terminal acetylenes is 1. The Bertz CT molecular complexity index is 839. The molecule has 0 saturated heterocycles. The molecule has 0 atom stereocenters. The molecule has 0 radical (unpaired) electrons. The maximum Gasteiger partial charge on any atom is 0.265 e. The van der Waals surface area contributed by atoms with Crippen molar-refractivity contribution in [3.63, 3.8) is 0 Å². The fraction of sp³-hybridized carbons (Fsp3) is 0.176. The monoisotopic (exact) mass is 393 g/mol. The zero-order valence-electron chi connectivity index (χ0n) is 12.8. The molecule has 0 saturated carbocycles. The molecule has 0 bridgehead atoms. The Labute approximate surface area is 145 Å². The van der Waals surface area contributed by atoms with Crippen molar-refractivity contribution in [1.82, 2.24) is 0 Å². The molecule has 23 heavy (non-hydrogen) atoms. The highest BCUT2D eigenvalue weighted by Gasteiger charge is 2.23. The highest BCUT2D eigenvalue weighted by atomic mass is 79.9. The van der Waals surface area contributed by atoms with E-state index >= 15 is 0 Å². The molecule has 0 fully saturated rings. The Morgan fingerprint density at radius 3 is 2.43 bits per heavy atom. The fourth-order valence-electron chi connectivity index (χ4n) is 1.98. The Balaban J connectivity index is 2.31. The number of rotatable bonds is 5. The van der Waals surface area contributed by atoms with E-state index in [1.165, 1.54) is 11.4 Å². The Hall–Kier alpha value is -1.97. The van der Waals surface area contributed by atoms with Gasteiger partial charge in [-0.2, -0.15) is 0 Å². The van der Waals surface area contributed by atoms with Crippen molar-refractivity contribution in [2.45, 2.75) is 11.8 Å². The van der Waals surface area contributed by atoms with Crippen LogP contribution in [0.15, 0.2) is 51.8 Å². The number of ether oxygens (including phenoxy) is 1. The van der Waals surface area contributed by atoms with Gasteiger partial charge in [-0.3, -0.25) is 4.31 Å². The largest absolute Gasteiger partial charge is 0.481 e. The van der Waals surface area contributed by atoms with E-state index < -0.39 is 10.0 Å². The van der Waals surface area contributed by atoms with Crippen LogP contribution in [0.5, 0.6) is 5.75 Å². The number of hydrogen-bond donors (Lipinski definition) is 0. The Morgan fingerprint density at radius 2 is 1.87 bits per heavy atom. The van der Waals surface area contributed by atoms with Crippen molar-refractivity contribution in [3.8, 4) is 18.1 Å². The molecule has 0 aliphatic carbocycles. The molecule has 2 rings (SSSR count).